The lowest BCUT2D eigenvalue weighted by atomic mass is 9.94. The van der Waals surface area contributed by atoms with Crippen LogP contribution in [0, 0.1) is 350 Å². The lowest BCUT2D eigenvalue weighted by Crippen LogP contribution is -1.97. The Bertz CT molecular complexity index is 6060. The summed E-state index contributed by atoms with van der Waals surface area (Å²) in [5.41, 5.74) is 11.7. The fourth-order valence-corrected chi connectivity index (χ4v) is 8.80. The van der Waals surface area contributed by atoms with Crippen molar-refractivity contribution in [3.8, 4) is 158 Å². The van der Waals surface area contributed by atoms with E-state index in [4.69, 9.17) is 137 Å². The van der Waals surface area contributed by atoms with Crippen molar-refractivity contribution in [2.24, 2.45) is 0 Å². The molecule has 26 nitrogen and oxygen atoms in total. The first-order valence-electron chi connectivity index (χ1n) is 29.4. The number of benzene rings is 8. The highest BCUT2D eigenvalue weighted by Crippen LogP contribution is 2.24. The van der Waals surface area contributed by atoms with Crippen LogP contribution in [0.5, 0.6) is 0 Å². The minimum Gasteiger partial charge on any atom is -0.192 e. The Kier molecular flexibility index (Phi) is 34.9. The van der Waals surface area contributed by atoms with Crippen molar-refractivity contribution in [3.05, 3.63) is 274 Å². The van der Waals surface area contributed by atoms with Crippen molar-refractivity contribution in [1.29, 1.82) is 137 Å². The fourth-order valence-electron chi connectivity index (χ4n) is 8.80. The summed E-state index contributed by atoms with van der Waals surface area (Å²) in [6, 6.07) is 70.0. The lowest BCUT2D eigenvalue weighted by Gasteiger charge is -2.03. The Morgan fingerprint density at radius 2 is 0.407 bits per heavy atom. The molecule has 0 unspecified atom stereocenters. The van der Waals surface area contributed by atoms with E-state index in [0.29, 0.717) is 94.6 Å². The van der Waals surface area contributed by atoms with Crippen LogP contribution < -0.4 is 0 Å². The molecule has 0 atom stereocenters. The summed E-state index contributed by atoms with van der Waals surface area (Å²) in [6.07, 6.45) is 0. The van der Waals surface area contributed by atoms with Gasteiger partial charge in [-0.15, -0.1) is 0 Å². The first-order chi connectivity index (χ1) is 51.7. The Balaban J connectivity index is 0.000000618. The van der Waals surface area contributed by atoms with E-state index in [1.54, 1.807) is 116 Å². The number of rotatable bonds is 0. The molecular formula is C82H38N26. The molecule has 26 heteroatoms. The molecule has 0 N–H and O–H groups in total. The predicted molar refractivity (Wildman–Crippen MR) is 372 cm³/mol. The maximum Gasteiger partial charge on any atom is 0.102 e. The maximum atomic E-state index is 8.85. The average molecular weight is 1390 g/mol. The van der Waals surface area contributed by atoms with Crippen LogP contribution in [0.3, 0.4) is 0 Å². The highest BCUT2D eigenvalue weighted by Gasteiger charge is 2.18. The largest absolute Gasteiger partial charge is 0.192 e. The molecule has 496 valence electrons. The number of aryl methyl sites for hydroxylation is 5. The van der Waals surface area contributed by atoms with E-state index < -0.39 is 0 Å². The van der Waals surface area contributed by atoms with Gasteiger partial charge in [-0.05, 0) is 185 Å². The van der Waals surface area contributed by atoms with Crippen molar-refractivity contribution < 1.29 is 0 Å². The van der Waals surface area contributed by atoms with Crippen molar-refractivity contribution in [3.63, 3.8) is 0 Å². The molecule has 0 fully saturated rings. The zero-order chi connectivity index (χ0) is 81.9. The van der Waals surface area contributed by atoms with E-state index in [1.165, 1.54) is 48.5 Å². The van der Waals surface area contributed by atoms with Crippen LogP contribution in [0.15, 0.2) is 84.9 Å². The second-order valence-electron chi connectivity index (χ2n) is 20.9. The van der Waals surface area contributed by atoms with Crippen LogP contribution in [0.1, 0.15) is 189 Å². The lowest BCUT2D eigenvalue weighted by molar-refractivity contribution is 1.30. The summed E-state index contributed by atoms with van der Waals surface area (Å²) in [7, 11) is 0. The first kappa shape index (κ1) is 86.5. The minimum atomic E-state index is -0.0258. The summed E-state index contributed by atoms with van der Waals surface area (Å²) >= 11 is 0. The number of nitrogens with zero attached hydrogens (tertiary/aromatic N) is 26. The molecule has 8 aromatic rings. The molecule has 108 heavy (non-hydrogen) atoms. The third kappa shape index (κ3) is 22.0. The van der Waals surface area contributed by atoms with E-state index in [1.807, 2.05) is 134 Å². The van der Waals surface area contributed by atoms with Crippen LogP contribution in [0.25, 0.3) is 0 Å². The van der Waals surface area contributed by atoms with Gasteiger partial charge in [0.1, 0.15) is 109 Å². The molecule has 0 amide bonds. The fraction of sp³-hybridized carbons (Fsp3) is 0.0976. The van der Waals surface area contributed by atoms with E-state index in [9.17, 15) is 0 Å². The predicted octanol–water partition coefficient (Wildman–Crippen LogP) is 12.6. The van der Waals surface area contributed by atoms with Crippen LogP contribution >= 0.6 is 0 Å². The van der Waals surface area contributed by atoms with E-state index >= 15 is 0 Å². The highest BCUT2D eigenvalue weighted by atomic mass is 14.4. The summed E-state index contributed by atoms with van der Waals surface area (Å²) in [4.78, 5) is 0. The van der Waals surface area contributed by atoms with Crippen LogP contribution in [-0.4, -0.2) is 0 Å². The first-order valence-corrected chi connectivity index (χ1v) is 29.4. The molecule has 0 aliphatic carbocycles. The van der Waals surface area contributed by atoms with Gasteiger partial charge in [-0.1, -0.05) is 0 Å². The zero-order valence-corrected chi connectivity index (χ0v) is 57.7. The SMILES string of the molecule is Cc1c(C#N)cc(C#N)c(C#N)c1C#N.Cc1c(C#N)cc(C#N)cc1C#N.Cc1c(C#N)ccc(C#N)c1C#N.Cc1cc(C#N)c(C#N)c(C#N)c1.Cc1cc(C#N)c(C#N)c(C#N)c1C#N.Cc1cc(C#N)c(C#N)cc1C#N.Cc1cc(C#N)c(C#N)cc1C#N.Cc1cc(C#N)cc(C#N)c1C#N. The maximum absolute atomic E-state index is 8.85. The summed E-state index contributed by atoms with van der Waals surface area (Å²) in [5.74, 6) is 0. The van der Waals surface area contributed by atoms with Crippen molar-refractivity contribution >= 4 is 0 Å². The minimum absolute atomic E-state index is 0.0171. The van der Waals surface area contributed by atoms with Crippen molar-refractivity contribution in [2.75, 3.05) is 0 Å². The van der Waals surface area contributed by atoms with Gasteiger partial charge in [0, 0.05) is 0 Å². The van der Waals surface area contributed by atoms with Gasteiger partial charge < -0.3 is 0 Å². The number of hydrogen-bond acceptors (Lipinski definition) is 26. The quantitative estimate of drug-likeness (QED) is 0.136. The van der Waals surface area contributed by atoms with E-state index in [0.717, 1.165) is 16.7 Å². The Labute approximate surface area is 620 Å². The topological polar surface area (TPSA) is 619 Å². The molecule has 0 heterocycles. The molecule has 0 saturated carbocycles. The smallest absolute Gasteiger partial charge is 0.102 e. The van der Waals surface area contributed by atoms with Gasteiger partial charge in [0.05, 0.1) is 193 Å². The highest BCUT2D eigenvalue weighted by molar-refractivity contribution is 5.66. The summed E-state index contributed by atoms with van der Waals surface area (Å²) in [6.45, 7) is 13.5. The van der Waals surface area contributed by atoms with Gasteiger partial charge >= 0.3 is 0 Å². The Morgan fingerprint density at radius 3 is 0.759 bits per heavy atom. The summed E-state index contributed by atoms with van der Waals surface area (Å²) in [5, 5.41) is 226. The standard InChI is InChI=1S/2C11H4N4.6C10H5N3/c1-7-8(3-12)2-9(4-13)11(6-15)10(7)5-14;1-7-2-8(3-12)10(5-14)11(6-15)9(7)4-13;1-7-9(5-12)2-8(4-11)3-10(7)6-13;2*1-7-2-9(5-12)10(6-13)3-8(7)4-11;1-7-2-8(4-11)3-9(5-12)10(7)6-13;1-7-2-8(4-11)10(6-13)9(3-7)5-12;1-7-8(4-11)2-3-9(5-12)10(7)6-13/h2*2H,1H3;6*2-3H,1H3. The molecule has 0 aromatic heterocycles. The molecular weight excluding hydrogens is 1350 g/mol. The third-order valence-electron chi connectivity index (χ3n) is 14.4. The van der Waals surface area contributed by atoms with Crippen molar-refractivity contribution in [2.45, 2.75) is 55.4 Å². The Hall–Kier alpha value is -19.5. The molecule has 0 bridgehead atoms. The monoisotopic (exact) mass is 1390 g/mol. The number of hydrogen-bond donors (Lipinski definition) is 0. The van der Waals surface area contributed by atoms with Gasteiger partial charge in [0.25, 0.3) is 0 Å². The molecule has 0 aliphatic heterocycles. The molecule has 0 spiro atoms. The van der Waals surface area contributed by atoms with Crippen molar-refractivity contribution in [1.82, 2.24) is 0 Å². The summed E-state index contributed by atoms with van der Waals surface area (Å²) < 4.78 is 0. The number of nitriles is 26. The zero-order valence-electron chi connectivity index (χ0n) is 57.7. The molecule has 0 saturated heterocycles. The van der Waals surface area contributed by atoms with Gasteiger partial charge in [0.2, 0.25) is 0 Å². The second-order valence-corrected chi connectivity index (χ2v) is 20.9. The van der Waals surface area contributed by atoms with Crippen LogP contribution in [-0.2, 0) is 0 Å². The van der Waals surface area contributed by atoms with Gasteiger partial charge in [-0.25, -0.2) is 0 Å². The van der Waals surface area contributed by atoms with Crippen LogP contribution in [0.2, 0.25) is 0 Å². The molecule has 8 aromatic carbocycles. The molecule has 0 aliphatic rings. The van der Waals surface area contributed by atoms with Crippen LogP contribution in [0.4, 0.5) is 0 Å². The normalized spacial score (nSPS) is 8.13. The van der Waals surface area contributed by atoms with E-state index in [-0.39, 0.29) is 77.9 Å². The van der Waals surface area contributed by atoms with E-state index in [2.05, 4.69) is 0 Å². The second kappa shape index (κ2) is 43.6. The Morgan fingerprint density at radius 1 is 0.148 bits per heavy atom. The molecule has 0 radical (unpaired) electrons. The van der Waals surface area contributed by atoms with Gasteiger partial charge in [0.15, 0.2) is 0 Å². The molecule has 8 rings (SSSR count). The van der Waals surface area contributed by atoms with Gasteiger partial charge in [-0.3, -0.25) is 0 Å². The van der Waals surface area contributed by atoms with Gasteiger partial charge in [-0.2, -0.15) is 137 Å². The average Bonchev–Trinajstić information content (AvgIpc) is 0.798. The third-order valence-corrected chi connectivity index (χ3v) is 14.4.